The molecule has 1 fully saturated rings. The van der Waals surface area contributed by atoms with Gasteiger partial charge in [-0.25, -0.2) is 4.39 Å². The molecule has 9 heteroatoms. The van der Waals surface area contributed by atoms with Gasteiger partial charge < -0.3 is 25.6 Å². The molecule has 0 bridgehead atoms. The highest BCUT2D eigenvalue weighted by Crippen LogP contribution is 2.46. The Labute approximate surface area is 160 Å². The standard InChI is InChI=1S/C17H17FN3O3S2/c18-7-11-8-20(24)3-4-21(11)10-2-1-9-6-17(26,16(22)23)14-13(12(9)5-10)15(25)19-14/h1-2,5,11,26H,3-4,6-8H2,(H,19,25)(H,22,23)/q-1. The molecule has 1 saturated heterocycles. The van der Waals surface area contributed by atoms with Crippen molar-refractivity contribution in [3.8, 4) is 0 Å². The van der Waals surface area contributed by atoms with E-state index in [4.69, 9.17) is 12.2 Å². The topological polar surface area (TPSA) is 78.9 Å². The molecule has 6 nitrogen and oxygen atoms in total. The number of alkyl halides is 1. The molecule has 2 N–H and O–H groups in total. The molecule has 4 rings (SSSR count). The van der Waals surface area contributed by atoms with Gasteiger partial charge in [0.1, 0.15) is 11.7 Å². The quantitative estimate of drug-likeness (QED) is 0.531. The first-order valence-corrected chi connectivity index (χ1v) is 9.10. The molecule has 0 aromatic heterocycles. The van der Waals surface area contributed by atoms with Gasteiger partial charge in [0.05, 0.1) is 11.7 Å². The first-order chi connectivity index (χ1) is 12.3. The summed E-state index contributed by atoms with van der Waals surface area (Å²) in [6, 6.07) is 5.11. The average Bonchev–Trinajstić information content (AvgIpc) is 2.60. The Morgan fingerprint density at radius 2 is 2.27 bits per heavy atom. The van der Waals surface area contributed by atoms with Crippen molar-refractivity contribution in [2.75, 3.05) is 31.2 Å². The molecule has 0 saturated carbocycles. The Balaban J connectivity index is 1.75. The van der Waals surface area contributed by atoms with Gasteiger partial charge in [0.25, 0.3) is 0 Å². The van der Waals surface area contributed by atoms with E-state index in [1.165, 1.54) is 0 Å². The number of hydrogen-bond acceptors (Lipinski definition) is 6. The van der Waals surface area contributed by atoms with Gasteiger partial charge in [0.15, 0.2) is 4.75 Å². The molecule has 1 aliphatic carbocycles. The summed E-state index contributed by atoms with van der Waals surface area (Å²) in [7, 11) is 0. The number of hydroxylamine groups is 2. The van der Waals surface area contributed by atoms with Crippen LogP contribution in [-0.4, -0.2) is 58.2 Å². The van der Waals surface area contributed by atoms with Crippen molar-refractivity contribution in [3.63, 3.8) is 0 Å². The van der Waals surface area contributed by atoms with Gasteiger partial charge >= 0.3 is 5.97 Å². The lowest BCUT2D eigenvalue weighted by Crippen LogP contribution is -2.54. The van der Waals surface area contributed by atoms with Crippen LogP contribution in [0, 0.1) is 5.21 Å². The lowest BCUT2D eigenvalue weighted by molar-refractivity contribution is -0.138. The third-order valence-electron chi connectivity index (χ3n) is 5.25. The van der Waals surface area contributed by atoms with Crippen molar-refractivity contribution in [2.24, 2.45) is 0 Å². The molecule has 3 aliphatic rings. The number of piperazine rings is 1. The maximum absolute atomic E-state index is 13.4. The molecule has 26 heavy (non-hydrogen) atoms. The van der Waals surface area contributed by atoms with Gasteiger partial charge in [0, 0.05) is 37.3 Å². The second-order valence-electron chi connectivity index (χ2n) is 6.78. The number of carbonyl (C=O) groups is 1. The fourth-order valence-corrected chi connectivity index (χ4v) is 4.48. The molecule has 0 spiro atoms. The largest absolute Gasteiger partial charge is 0.785 e. The number of nitrogens with one attached hydrogen (secondary N) is 1. The van der Waals surface area contributed by atoms with E-state index < -0.39 is 23.4 Å². The van der Waals surface area contributed by atoms with Gasteiger partial charge in [-0.3, -0.25) is 4.79 Å². The van der Waals surface area contributed by atoms with Crippen LogP contribution in [0.5, 0.6) is 0 Å². The van der Waals surface area contributed by atoms with Crippen LogP contribution in [0.15, 0.2) is 23.9 Å². The van der Waals surface area contributed by atoms with Crippen LogP contribution < -0.4 is 10.2 Å². The minimum atomic E-state index is -1.33. The number of fused-ring (bicyclic) bond motifs is 2. The zero-order valence-corrected chi connectivity index (χ0v) is 15.4. The summed E-state index contributed by atoms with van der Waals surface area (Å²) < 4.78 is 12.1. The predicted octanol–water partition coefficient (Wildman–Crippen LogP) is 1.60. The average molecular weight is 394 g/mol. The third-order valence-corrected chi connectivity index (χ3v) is 6.13. The molecule has 2 heterocycles. The summed E-state index contributed by atoms with van der Waals surface area (Å²) in [6.45, 7) is 0.278. The van der Waals surface area contributed by atoms with Crippen molar-refractivity contribution in [3.05, 3.63) is 40.2 Å². The summed E-state index contributed by atoms with van der Waals surface area (Å²) in [6.07, 6.45) is 0.233. The number of carboxylic acid groups (broad SMARTS) is 1. The zero-order chi connectivity index (χ0) is 18.6. The Hall–Kier alpha value is -1.68. The second-order valence-corrected chi connectivity index (χ2v) is 7.95. The van der Waals surface area contributed by atoms with E-state index in [0.29, 0.717) is 29.3 Å². The summed E-state index contributed by atoms with van der Waals surface area (Å²) in [5, 5.41) is 25.0. The highest BCUT2D eigenvalue weighted by atomic mass is 32.1. The molecule has 0 amide bonds. The highest BCUT2D eigenvalue weighted by Gasteiger charge is 2.49. The molecule has 2 atom stereocenters. The monoisotopic (exact) mass is 394 g/mol. The first kappa shape index (κ1) is 17.7. The number of thiocarbonyl (C=S) groups is 1. The lowest BCUT2D eigenvalue weighted by atomic mass is 9.77. The van der Waals surface area contributed by atoms with Gasteiger partial charge in [-0.05, 0) is 23.3 Å². The maximum Gasteiger partial charge on any atom is 0.325 e. The molecular formula is C17H17FN3O3S2-. The van der Waals surface area contributed by atoms with Crippen molar-refractivity contribution >= 4 is 47.1 Å². The molecule has 1 aromatic rings. The summed E-state index contributed by atoms with van der Waals surface area (Å²) in [5.41, 5.74) is 3.71. The van der Waals surface area contributed by atoms with E-state index in [1.54, 1.807) is 0 Å². The number of nitrogens with zero attached hydrogens (tertiary/aromatic N) is 2. The Morgan fingerprint density at radius 3 is 2.92 bits per heavy atom. The number of aliphatic carboxylic acids is 1. The van der Waals surface area contributed by atoms with E-state index in [-0.39, 0.29) is 13.0 Å². The molecule has 2 unspecified atom stereocenters. The molecule has 138 valence electrons. The van der Waals surface area contributed by atoms with E-state index in [9.17, 15) is 19.5 Å². The van der Waals surface area contributed by atoms with Gasteiger partial charge in [-0.15, -0.1) is 0 Å². The Bertz CT molecular complexity index is 847. The van der Waals surface area contributed by atoms with Crippen molar-refractivity contribution < 1.29 is 14.3 Å². The number of rotatable bonds is 3. The predicted molar refractivity (Wildman–Crippen MR) is 104 cm³/mol. The van der Waals surface area contributed by atoms with Crippen molar-refractivity contribution in [1.29, 1.82) is 0 Å². The fourth-order valence-electron chi connectivity index (χ4n) is 3.83. The number of halogens is 1. The van der Waals surface area contributed by atoms with Crippen LogP contribution in [-0.2, 0) is 11.2 Å². The van der Waals surface area contributed by atoms with E-state index in [2.05, 4.69) is 17.9 Å². The van der Waals surface area contributed by atoms with Gasteiger partial charge in [0.2, 0.25) is 0 Å². The molecule has 2 aliphatic heterocycles. The SMILES string of the molecule is O=C(O)C1(S)Cc2ccc(N3CCN([O-])CC3CF)cc2C2=C1NC2=S. The number of carboxylic acids is 1. The minimum Gasteiger partial charge on any atom is -0.785 e. The van der Waals surface area contributed by atoms with Gasteiger partial charge in [-0.1, -0.05) is 18.3 Å². The summed E-state index contributed by atoms with van der Waals surface area (Å²) in [5.74, 6) is -1.03. The highest BCUT2D eigenvalue weighted by molar-refractivity contribution is 7.83. The third kappa shape index (κ3) is 2.53. The summed E-state index contributed by atoms with van der Waals surface area (Å²) in [4.78, 5) is 14.1. The number of thiol groups is 1. The Kier molecular flexibility index (Phi) is 4.22. The minimum absolute atomic E-state index is 0.125. The van der Waals surface area contributed by atoms with Crippen LogP contribution in [0.4, 0.5) is 10.1 Å². The smallest absolute Gasteiger partial charge is 0.325 e. The number of hydrogen-bond donors (Lipinski definition) is 3. The summed E-state index contributed by atoms with van der Waals surface area (Å²) >= 11 is 9.69. The zero-order valence-electron chi connectivity index (χ0n) is 13.7. The second kappa shape index (κ2) is 6.19. The first-order valence-electron chi connectivity index (χ1n) is 8.25. The van der Waals surface area contributed by atoms with E-state index >= 15 is 0 Å². The number of anilines is 1. The van der Waals surface area contributed by atoms with Crippen molar-refractivity contribution in [1.82, 2.24) is 10.4 Å². The normalized spacial score (nSPS) is 28.2. The molecular weight excluding hydrogens is 377 g/mol. The molecule has 0 radical (unpaired) electrons. The maximum atomic E-state index is 13.4. The van der Waals surface area contributed by atoms with Crippen LogP contribution >= 0.6 is 24.8 Å². The van der Waals surface area contributed by atoms with Crippen LogP contribution in [0.3, 0.4) is 0 Å². The lowest BCUT2D eigenvalue weighted by Gasteiger charge is -2.45. The van der Waals surface area contributed by atoms with Crippen LogP contribution in [0.25, 0.3) is 5.57 Å². The molecule has 1 aromatic carbocycles. The van der Waals surface area contributed by atoms with Crippen LogP contribution in [0.1, 0.15) is 11.1 Å². The van der Waals surface area contributed by atoms with E-state index in [0.717, 1.165) is 21.9 Å². The van der Waals surface area contributed by atoms with Crippen molar-refractivity contribution in [2.45, 2.75) is 17.2 Å². The Morgan fingerprint density at radius 1 is 1.50 bits per heavy atom. The van der Waals surface area contributed by atoms with Crippen LogP contribution in [0.2, 0.25) is 0 Å². The number of benzene rings is 1. The fraction of sp³-hybridized carbons (Fsp3) is 0.412. The van der Waals surface area contributed by atoms with E-state index in [1.807, 2.05) is 23.1 Å². The van der Waals surface area contributed by atoms with Gasteiger partial charge in [-0.2, -0.15) is 12.6 Å².